The second-order valence-corrected chi connectivity index (χ2v) is 11.8. The average molecular weight is 633 g/mol. The standard InChI is InChI=1S/C29H33F3N6O3S.C2H6/c1-18(39)16-34-27(40)19-9-10-21(24(14-19)41-3)33-12-5-6-22-26(42-29(30,31)32)23-7-4-8-25(38(23)36-22)35-28-11-13-37(2)17-20(28)15-28;1-2/h4,7-10,14,18,20,33,35,39H,11-13,15-17H2,1-3H3,(H,34,40);1-2H3. The van der Waals surface area contributed by atoms with Gasteiger partial charge in [0.05, 0.1) is 35.9 Å². The third-order valence-corrected chi connectivity index (χ3v) is 8.34. The molecule has 238 valence electrons. The summed E-state index contributed by atoms with van der Waals surface area (Å²) < 4.78 is 47.6. The van der Waals surface area contributed by atoms with Crippen LogP contribution in [0.3, 0.4) is 0 Å². The summed E-state index contributed by atoms with van der Waals surface area (Å²) in [7, 11) is 3.56. The molecule has 1 amide bonds. The number of nitrogens with zero attached hydrogens (tertiary/aromatic N) is 3. The molecular weight excluding hydrogens is 593 g/mol. The van der Waals surface area contributed by atoms with Crippen molar-refractivity contribution in [2.45, 2.75) is 55.7 Å². The van der Waals surface area contributed by atoms with Gasteiger partial charge in [0.2, 0.25) is 0 Å². The molecule has 13 heteroatoms. The van der Waals surface area contributed by atoms with Crippen molar-refractivity contribution < 1.29 is 27.8 Å². The number of amides is 1. The molecule has 3 unspecified atom stereocenters. The monoisotopic (exact) mass is 632 g/mol. The van der Waals surface area contributed by atoms with E-state index in [0.717, 1.165) is 25.9 Å². The van der Waals surface area contributed by atoms with Crippen molar-refractivity contribution in [1.82, 2.24) is 19.8 Å². The Balaban J connectivity index is 0.00000216. The predicted octanol–water partition coefficient (Wildman–Crippen LogP) is 5.06. The summed E-state index contributed by atoms with van der Waals surface area (Å²) in [6, 6.07) is 10.00. The van der Waals surface area contributed by atoms with Crippen LogP contribution < -0.4 is 20.7 Å². The number of halogens is 3. The molecule has 3 aromatic rings. The van der Waals surface area contributed by atoms with Crippen molar-refractivity contribution in [3.05, 3.63) is 47.7 Å². The smallest absolute Gasteiger partial charge is 0.446 e. The van der Waals surface area contributed by atoms with E-state index in [1.54, 1.807) is 37.3 Å². The van der Waals surface area contributed by atoms with Gasteiger partial charge in [-0.3, -0.25) is 4.79 Å². The van der Waals surface area contributed by atoms with Crippen molar-refractivity contribution >= 4 is 34.7 Å². The molecule has 3 atom stereocenters. The summed E-state index contributed by atoms with van der Waals surface area (Å²) in [6.45, 7) is 7.73. The summed E-state index contributed by atoms with van der Waals surface area (Å²) in [6.07, 6.45) is 1.31. The summed E-state index contributed by atoms with van der Waals surface area (Å²) >= 11 is -0.216. The van der Waals surface area contributed by atoms with E-state index in [4.69, 9.17) is 4.74 Å². The highest BCUT2D eigenvalue weighted by Gasteiger charge is 2.56. The first-order valence-corrected chi connectivity index (χ1v) is 15.4. The molecule has 0 radical (unpaired) electrons. The van der Waals surface area contributed by atoms with Gasteiger partial charge in [-0.1, -0.05) is 25.8 Å². The SMILES string of the molecule is CC.COc1cc(C(=O)NCC(C)O)ccc1NCC#Cc1nn2c(NC34CCN(C)CC3C4)cccc2c1SC(F)(F)F. The topological polar surface area (TPSA) is 103 Å². The number of hydrogen-bond acceptors (Lipinski definition) is 8. The van der Waals surface area contributed by atoms with Gasteiger partial charge in [-0.15, -0.1) is 0 Å². The number of thioether (sulfide) groups is 1. The maximum atomic E-state index is 13.6. The number of benzene rings is 1. The van der Waals surface area contributed by atoms with E-state index in [1.165, 1.54) is 11.6 Å². The highest BCUT2D eigenvalue weighted by molar-refractivity contribution is 8.00. The molecule has 9 nitrogen and oxygen atoms in total. The lowest BCUT2D eigenvalue weighted by Gasteiger charge is -2.30. The average Bonchev–Trinajstić information content (AvgIpc) is 3.59. The highest BCUT2D eigenvalue weighted by Crippen LogP contribution is 2.51. The summed E-state index contributed by atoms with van der Waals surface area (Å²) in [5.74, 6) is 6.88. The number of alkyl halides is 3. The second-order valence-electron chi connectivity index (χ2n) is 10.8. The zero-order valence-electron chi connectivity index (χ0n) is 25.5. The molecule has 44 heavy (non-hydrogen) atoms. The van der Waals surface area contributed by atoms with Crippen LogP contribution in [0.4, 0.5) is 24.7 Å². The summed E-state index contributed by atoms with van der Waals surface area (Å²) in [5, 5.41) is 23.2. The van der Waals surface area contributed by atoms with Gasteiger partial charge in [0.15, 0.2) is 0 Å². The Morgan fingerprint density at radius 3 is 2.75 bits per heavy atom. The first-order valence-electron chi connectivity index (χ1n) is 14.6. The molecule has 2 fully saturated rings. The van der Waals surface area contributed by atoms with Crippen LogP contribution >= 0.6 is 11.8 Å². The number of carbonyl (C=O) groups excluding carboxylic acids is 1. The van der Waals surface area contributed by atoms with E-state index in [1.807, 2.05) is 19.9 Å². The number of rotatable bonds is 9. The second kappa shape index (κ2) is 14.0. The normalized spacial score (nSPS) is 19.9. The molecule has 4 N–H and O–H groups in total. The van der Waals surface area contributed by atoms with Crippen molar-refractivity contribution in [2.75, 3.05) is 51.0 Å². The fraction of sp³-hybridized carbons (Fsp3) is 0.484. The molecule has 1 saturated carbocycles. The van der Waals surface area contributed by atoms with Gasteiger partial charge in [-0.2, -0.15) is 18.3 Å². The van der Waals surface area contributed by atoms with E-state index in [2.05, 4.69) is 44.8 Å². The van der Waals surface area contributed by atoms with Crippen molar-refractivity contribution in [1.29, 1.82) is 0 Å². The van der Waals surface area contributed by atoms with Gasteiger partial charge >= 0.3 is 5.51 Å². The number of aromatic nitrogens is 2. The van der Waals surface area contributed by atoms with Crippen LogP contribution in [0.1, 0.15) is 49.7 Å². The Morgan fingerprint density at radius 2 is 2.07 bits per heavy atom. The van der Waals surface area contributed by atoms with Gasteiger partial charge in [-0.05, 0) is 80.7 Å². The van der Waals surface area contributed by atoms with Gasteiger partial charge in [0, 0.05) is 30.7 Å². The van der Waals surface area contributed by atoms with Crippen LogP contribution in [-0.2, 0) is 0 Å². The fourth-order valence-electron chi connectivity index (χ4n) is 5.28. The minimum atomic E-state index is -4.51. The maximum absolute atomic E-state index is 13.6. The molecule has 2 aliphatic rings. The molecule has 1 saturated heterocycles. The zero-order valence-corrected chi connectivity index (χ0v) is 26.3. The molecule has 3 heterocycles. The Hall–Kier alpha value is -3.60. The molecule has 5 rings (SSSR count). The van der Waals surface area contributed by atoms with Crippen LogP contribution in [0.2, 0.25) is 0 Å². The first kappa shape index (κ1) is 33.3. The summed E-state index contributed by atoms with van der Waals surface area (Å²) in [4.78, 5) is 14.6. The molecule has 0 spiro atoms. The number of methoxy groups -OCH3 is 1. The third-order valence-electron chi connectivity index (χ3n) is 7.51. The van der Waals surface area contributed by atoms with E-state index in [0.29, 0.717) is 34.3 Å². The first-order chi connectivity index (χ1) is 21.0. The third kappa shape index (κ3) is 7.91. The molecule has 1 aliphatic heterocycles. The number of aliphatic hydroxyl groups is 1. The number of likely N-dealkylation sites (tertiary alicyclic amines) is 1. The van der Waals surface area contributed by atoms with Crippen molar-refractivity contribution in [3.8, 4) is 17.6 Å². The van der Waals surface area contributed by atoms with Crippen molar-refractivity contribution in [3.63, 3.8) is 0 Å². The molecule has 1 aliphatic carbocycles. The number of anilines is 2. The van der Waals surface area contributed by atoms with E-state index in [9.17, 15) is 23.1 Å². The molecular formula is C31H39F3N6O3S. The fourth-order valence-corrected chi connectivity index (χ4v) is 5.96. The van der Waals surface area contributed by atoms with Gasteiger partial charge in [0.1, 0.15) is 17.3 Å². The number of carbonyl (C=O) groups is 1. The van der Waals surface area contributed by atoms with Gasteiger partial charge in [0.25, 0.3) is 5.91 Å². The lowest BCUT2D eigenvalue weighted by atomic mass is 10.1. The van der Waals surface area contributed by atoms with Crippen LogP contribution in [-0.4, -0.2) is 83.0 Å². The largest absolute Gasteiger partial charge is 0.495 e. The zero-order chi connectivity index (χ0) is 32.1. The molecule has 0 bridgehead atoms. The lowest BCUT2D eigenvalue weighted by Crippen LogP contribution is -2.39. The van der Waals surface area contributed by atoms with Crippen LogP contribution in [0, 0.1) is 17.8 Å². The predicted molar refractivity (Wildman–Crippen MR) is 167 cm³/mol. The van der Waals surface area contributed by atoms with E-state index >= 15 is 0 Å². The Labute approximate surface area is 259 Å². The minimum Gasteiger partial charge on any atom is -0.495 e. The Kier molecular flexibility index (Phi) is 10.6. The van der Waals surface area contributed by atoms with E-state index < -0.39 is 11.6 Å². The number of aliphatic hydroxyl groups excluding tert-OH is 1. The molecule has 1 aromatic carbocycles. The van der Waals surface area contributed by atoms with Gasteiger partial charge < -0.3 is 30.7 Å². The number of piperidine rings is 1. The number of pyridine rings is 1. The number of fused-ring (bicyclic) bond motifs is 2. The minimum absolute atomic E-state index is 0.0405. The van der Waals surface area contributed by atoms with Crippen LogP contribution in [0.5, 0.6) is 5.75 Å². The lowest BCUT2D eigenvalue weighted by molar-refractivity contribution is -0.0327. The maximum Gasteiger partial charge on any atom is 0.446 e. The number of ether oxygens (including phenoxy) is 1. The number of hydrogen-bond donors (Lipinski definition) is 4. The highest BCUT2D eigenvalue weighted by atomic mass is 32.2. The van der Waals surface area contributed by atoms with Crippen LogP contribution in [0.15, 0.2) is 41.3 Å². The Bertz CT molecular complexity index is 1530. The summed E-state index contributed by atoms with van der Waals surface area (Å²) in [5.41, 5.74) is -3.27. The molecule has 2 aromatic heterocycles. The van der Waals surface area contributed by atoms with Crippen molar-refractivity contribution in [2.24, 2.45) is 5.92 Å². The van der Waals surface area contributed by atoms with Gasteiger partial charge in [-0.25, -0.2) is 4.52 Å². The quantitative estimate of drug-likeness (QED) is 0.192. The van der Waals surface area contributed by atoms with Crippen LogP contribution in [0.25, 0.3) is 5.52 Å². The van der Waals surface area contributed by atoms with E-state index in [-0.39, 0.29) is 46.9 Å². The number of nitrogens with one attached hydrogen (secondary N) is 3. The Morgan fingerprint density at radius 1 is 1.30 bits per heavy atom.